The number of ether oxygens (including phenoxy) is 2. The molecule has 0 radical (unpaired) electrons. The molecule has 0 saturated carbocycles. The number of nitrogens with zero attached hydrogens (tertiary/aromatic N) is 1. The van der Waals surface area contributed by atoms with Crippen LogP contribution in [0.15, 0.2) is 41.2 Å². The number of aromatic nitrogens is 2. The number of benzene rings is 2. The van der Waals surface area contributed by atoms with Crippen LogP contribution in [0.4, 0.5) is 0 Å². The van der Waals surface area contributed by atoms with Crippen molar-refractivity contribution in [2.45, 2.75) is 19.5 Å². The summed E-state index contributed by atoms with van der Waals surface area (Å²) < 4.78 is 10.5. The van der Waals surface area contributed by atoms with Crippen molar-refractivity contribution in [1.29, 1.82) is 0 Å². The zero-order chi connectivity index (χ0) is 18.7. The Labute approximate surface area is 156 Å². The molecule has 0 saturated heterocycles. The van der Waals surface area contributed by atoms with Crippen molar-refractivity contribution >= 4 is 22.5 Å². The molecule has 2 N–H and O–H groups in total. The molecule has 0 fully saturated rings. The molecule has 0 unspecified atom stereocenters. The number of H-pyrrole nitrogens is 1. The molecule has 7 heteroatoms. The molecule has 1 aromatic heterocycles. The van der Waals surface area contributed by atoms with Crippen molar-refractivity contribution in [2.75, 3.05) is 14.2 Å². The van der Waals surface area contributed by atoms with E-state index in [0.29, 0.717) is 39.8 Å². The third kappa shape index (κ3) is 3.66. The summed E-state index contributed by atoms with van der Waals surface area (Å²) in [6, 6.07) is 11.0. The largest absolute Gasteiger partial charge is 0.493 e. The van der Waals surface area contributed by atoms with Gasteiger partial charge in [0.1, 0.15) is 5.82 Å². The maximum Gasteiger partial charge on any atom is 0.258 e. The molecule has 6 nitrogen and oxygen atoms in total. The van der Waals surface area contributed by atoms with Gasteiger partial charge in [-0.15, -0.1) is 0 Å². The van der Waals surface area contributed by atoms with Gasteiger partial charge in [0.05, 0.1) is 31.7 Å². The normalized spacial score (nSPS) is 12.2. The van der Waals surface area contributed by atoms with Crippen LogP contribution in [-0.4, -0.2) is 24.2 Å². The van der Waals surface area contributed by atoms with Crippen LogP contribution < -0.4 is 20.3 Å². The van der Waals surface area contributed by atoms with Crippen molar-refractivity contribution < 1.29 is 9.47 Å². The Morgan fingerprint density at radius 2 is 1.88 bits per heavy atom. The number of fused-ring (bicyclic) bond motifs is 1. The standard InChI is InChI=1S/C19H20ClN3O3/c1-11(12-6-4-5-7-14(12)20)21-10-18-22-15-9-17(26-3)16(25-2)8-13(15)19(24)23-18/h4-9,11,21H,10H2,1-3H3,(H,22,23,24)/t11-/m0/s1. The first-order valence-electron chi connectivity index (χ1n) is 8.16. The number of halogens is 1. The Bertz CT molecular complexity index is 987. The molecular formula is C19H20ClN3O3. The predicted octanol–water partition coefficient (Wildman–Crippen LogP) is 3.44. The molecule has 3 rings (SSSR count). The van der Waals surface area contributed by atoms with E-state index >= 15 is 0 Å². The second-order valence-corrected chi connectivity index (χ2v) is 6.27. The minimum Gasteiger partial charge on any atom is -0.493 e. The summed E-state index contributed by atoms with van der Waals surface area (Å²) in [7, 11) is 3.07. The first kappa shape index (κ1) is 18.2. The summed E-state index contributed by atoms with van der Waals surface area (Å²) in [5.41, 5.74) is 1.32. The van der Waals surface area contributed by atoms with Crippen molar-refractivity contribution in [3.8, 4) is 11.5 Å². The van der Waals surface area contributed by atoms with Crippen molar-refractivity contribution in [2.24, 2.45) is 0 Å². The van der Waals surface area contributed by atoms with Crippen LogP contribution in [-0.2, 0) is 6.54 Å². The second kappa shape index (κ2) is 7.76. The van der Waals surface area contributed by atoms with Crippen LogP contribution >= 0.6 is 11.6 Å². The van der Waals surface area contributed by atoms with E-state index in [9.17, 15) is 4.79 Å². The first-order chi connectivity index (χ1) is 12.5. The molecule has 1 heterocycles. The van der Waals surface area contributed by atoms with Crippen molar-refractivity contribution in [3.05, 3.63) is 63.2 Å². The number of rotatable bonds is 6. The monoisotopic (exact) mass is 373 g/mol. The van der Waals surface area contributed by atoms with E-state index in [4.69, 9.17) is 21.1 Å². The summed E-state index contributed by atoms with van der Waals surface area (Å²) in [5, 5.41) is 4.47. The van der Waals surface area contributed by atoms with Gasteiger partial charge in [0.2, 0.25) is 0 Å². The fourth-order valence-corrected chi connectivity index (χ4v) is 3.08. The molecule has 1 atom stereocenters. The highest BCUT2D eigenvalue weighted by molar-refractivity contribution is 6.31. The topological polar surface area (TPSA) is 76.2 Å². The van der Waals surface area contributed by atoms with Gasteiger partial charge in [-0.1, -0.05) is 29.8 Å². The highest BCUT2D eigenvalue weighted by atomic mass is 35.5. The van der Waals surface area contributed by atoms with Crippen LogP contribution in [0.3, 0.4) is 0 Å². The number of nitrogens with one attached hydrogen (secondary N) is 2. The van der Waals surface area contributed by atoms with E-state index in [1.54, 1.807) is 19.2 Å². The molecule has 0 spiro atoms. The molecule has 0 aliphatic rings. The lowest BCUT2D eigenvalue weighted by molar-refractivity contribution is 0.355. The van der Waals surface area contributed by atoms with Crippen LogP contribution in [0.1, 0.15) is 24.4 Å². The third-order valence-corrected chi connectivity index (χ3v) is 4.55. The summed E-state index contributed by atoms with van der Waals surface area (Å²) in [5.74, 6) is 1.56. The molecule has 3 aromatic rings. The SMILES string of the molecule is COc1cc2nc(CN[C@@H](C)c3ccccc3Cl)[nH]c(=O)c2cc1OC. The van der Waals surface area contributed by atoms with Crippen LogP contribution in [0.2, 0.25) is 5.02 Å². The van der Waals surface area contributed by atoms with Gasteiger partial charge < -0.3 is 19.8 Å². The summed E-state index contributed by atoms with van der Waals surface area (Å²) in [6.07, 6.45) is 0. The minimum absolute atomic E-state index is 0.00935. The molecule has 26 heavy (non-hydrogen) atoms. The Kier molecular flexibility index (Phi) is 5.44. The van der Waals surface area contributed by atoms with Gasteiger partial charge in [-0.25, -0.2) is 4.98 Å². The van der Waals surface area contributed by atoms with Gasteiger partial charge in [-0.2, -0.15) is 0 Å². The summed E-state index contributed by atoms with van der Waals surface area (Å²) >= 11 is 6.23. The highest BCUT2D eigenvalue weighted by Crippen LogP contribution is 2.30. The average molecular weight is 374 g/mol. The molecule has 0 bridgehead atoms. The average Bonchev–Trinajstić information content (AvgIpc) is 2.65. The Morgan fingerprint density at radius 1 is 1.19 bits per heavy atom. The molecule has 0 aliphatic carbocycles. The van der Waals surface area contributed by atoms with Crippen LogP contribution in [0, 0.1) is 0 Å². The smallest absolute Gasteiger partial charge is 0.258 e. The maximum absolute atomic E-state index is 12.4. The summed E-state index contributed by atoms with van der Waals surface area (Å²) in [6.45, 7) is 2.40. The summed E-state index contributed by atoms with van der Waals surface area (Å²) in [4.78, 5) is 19.7. The van der Waals surface area contributed by atoms with E-state index < -0.39 is 0 Å². The molecule has 2 aromatic carbocycles. The maximum atomic E-state index is 12.4. The molecule has 0 aliphatic heterocycles. The molecular weight excluding hydrogens is 354 g/mol. The molecule has 136 valence electrons. The first-order valence-corrected chi connectivity index (χ1v) is 8.54. The van der Waals surface area contributed by atoms with Gasteiger partial charge in [0.25, 0.3) is 5.56 Å². The molecule has 0 amide bonds. The van der Waals surface area contributed by atoms with Gasteiger partial charge in [-0.05, 0) is 24.6 Å². The number of methoxy groups -OCH3 is 2. The van der Waals surface area contributed by atoms with Gasteiger partial charge in [-0.3, -0.25) is 4.79 Å². The third-order valence-electron chi connectivity index (χ3n) is 4.21. The zero-order valence-corrected chi connectivity index (χ0v) is 15.6. The Morgan fingerprint density at radius 3 is 2.58 bits per heavy atom. The Hall–Kier alpha value is -2.57. The quantitative estimate of drug-likeness (QED) is 0.692. The predicted molar refractivity (Wildman–Crippen MR) is 102 cm³/mol. The lowest BCUT2D eigenvalue weighted by Gasteiger charge is -2.15. The lowest BCUT2D eigenvalue weighted by Crippen LogP contribution is -2.22. The van der Waals surface area contributed by atoms with E-state index in [1.165, 1.54) is 7.11 Å². The lowest BCUT2D eigenvalue weighted by atomic mass is 10.1. The minimum atomic E-state index is -0.224. The van der Waals surface area contributed by atoms with Crippen molar-refractivity contribution in [1.82, 2.24) is 15.3 Å². The van der Waals surface area contributed by atoms with Crippen LogP contribution in [0.25, 0.3) is 10.9 Å². The number of hydrogen-bond acceptors (Lipinski definition) is 5. The second-order valence-electron chi connectivity index (χ2n) is 5.86. The zero-order valence-electron chi connectivity index (χ0n) is 14.8. The highest BCUT2D eigenvalue weighted by Gasteiger charge is 2.12. The number of aromatic amines is 1. The van der Waals surface area contributed by atoms with Gasteiger partial charge >= 0.3 is 0 Å². The fraction of sp³-hybridized carbons (Fsp3) is 0.263. The Balaban J connectivity index is 1.87. The van der Waals surface area contributed by atoms with Gasteiger partial charge in [0.15, 0.2) is 11.5 Å². The van der Waals surface area contributed by atoms with E-state index in [2.05, 4.69) is 15.3 Å². The van der Waals surface area contributed by atoms with E-state index in [-0.39, 0.29) is 11.6 Å². The fourth-order valence-electron chi connectivity index (χ4n) is 2.78. The van der Waals surface area contributed by atoms with Crippen LogP contribution in [0.5, 0.6) is 11.5 Å². The van der Waals surface area contributed by atoms with E-state index in [1.807, 2.05) is 31.2 Å². The van der Waals surface area contributed by atoms with Gasteiger partial charge in [0, 0.05) is 17.1 Å². The van der Waals surface area contributed by atoms with E-state index in [0.717, 1.165) is 5.56 Å². The number of hydrogen-bond donors (Lipinski definition) is 2. The van der Waals surface area contributed by atoms with Crippen molar-refractivity contribution in [3.63, 3.8) is 0 Å².